The molecule has 0 aliphatic heterocycles. The topological polar surface area (TPSA) is 28.2 Å². The van der Waals surface area contributed by atoms with Gasteiger partial charge in [0.25, 0.3) is 0 Å². The lowest BCUT2D eigenvalue weighted by Gasteiger charge is -2.23. The summed E-state index contributed by atoms with van der Waals surface area (Å²) in [5.74, 6) is 1.85. The molecule has 0 spiro atoms. The molecule has 1 fully saturated rings. The molecule has 1 N–H and O–H groups in total. The fourth-order valence-corrected chi connectivity index (χ4v) is 2.33. The van der Waals surface area contributed by atoms with Crippen molar-refractivity contribution in [2.24, 2.45) is 5.92 Å². The van der Waals surface area contributed by atoms with E-state index in [4.69, 9.17) is 4.98 Å². The normalized spacial score (nSPS) is 14.9. The average molecular weight is 261 g/mol. The van der Waals surface area contributed by atoms with Crippen molar-refractivity contribution >= 4 is 5.82 Å². The van der Waals surface area contributed by atoms with E-state index in [9.17, 15) is 0 Å². The minimum atomic E-state index is 0.686. The highest BCUT2D eigenvalue weighted by molar-refractivity contribution is 5.42. The highest BCUT2D eigenvalue weighted by Crippen LogP contribution is 2.30. The molecule has 3 heteroatoms. The van der Waals surface area contributed by atoms with Crippen LogP contribution >= 0.6 is 0 Å². The van der Waals surface area contributed by atoms with Gasteiger partial charge in [-0.25, -0.2) is 4.98 Å². The van der Waals surface area contributed by atoms with E-state index in [0.29, 0.717) is 5.92 Å². The predicted molar refractivity (Wildman–Crippen MR) is 81.4 cm³/mol. The molecule has 0 unspecified atom stereocenters. The predicted octanol–water partition coefficient (Wildman–Crippen LogP) is 3.21. The number of hydrogen-bond donors (Lipinski definition) is 1. The molecule has 1 heterocycles. The van der Waals surface area contributed by atoms with Gasteiger partial charge < -0.3 is 10.2 Å². The lowest BCUT2D eigenvalue weighted by molar-refractivity contribution is 0.548. The summed E-state index contributed by atoms with van der Waals surface area (Å²) in [5, 5.41) is 3.46. The van der Waals surface area contributed by atoms with Crippen LogP contribution in [0.3, 0.4) is 0 Å². The smallest absolute Gasteiger partial charge is 0.129 e. The molecule has 106 valence electrons. The van der Waals surface area contributed by atoms with Gasteiger partial charge in [-0.15, -0.1) is 0 Å². The summed E-state index contributed by atoms with van der Waals surface area (Å²) < 4.78 is 0. The Labute approximate surface area is 117 Å². The van der Waals surface area contributed by atoms with Crippen LogP contribution in [-0.2, 0) is 6.54 Å². The van der Waals surface area contributed by atoms with Gasteiger partial charge >= 0.3 is 0 Å². The van der Waals surface area contributed by atoms with Crippen LogP contribution in [0.2, 0.25) is 0 Å². The molecule has 1 aromatic heterocycles. The van der Waals surface area contributed by atoms with Gasteiger partial charge in [-0.3, -0.25) is 0 Å². The van der Waals surface area contributed by atoms with Crippen LogP contribution in [0, 0.1) is 5.92 Å². The first-order valence-electron chi connectivity index (χ1n) is 7.64. The molecule has 1 aliphatic carbocycles. The molecule has 3 nitrogen and oxygen atoms in total. The molecule has 0 amide bonds. The van der Waals surface area contributed by atoms with E-state index in [2.05, 4.69) is 49.2 Å². The maximum atomic E-state index is 4.81. The van der Waals surface area contributed by atoms with Gasteiger partial charge in [0.1, 0.15) is 5.82 Å². The van der Waals surface area contributed by atoms with Crippen LogP contribution < -0.4 is 10.2 Å². The third-order valence-electron chi connectivity index (χ3n) is 3.40. The second kappa shape index (κ2) is 6.90. The summed E-state index contributed by atoms with van der Waals surface area (Å²) in [6.07, 6.45) is 3.85. The fourth-order valence-electron chi connectivity index (χ4n) is 2.33. The number of nitrogens with zero attached hydrogens (tertiary/aromatic N) is 2. The standard InChI is InChI=1S/C16H27N3/c1-4-10-19(15-8-9-15)16-7-5-6-14(18-16)12-17-11-13(2)3/h5-7,13,15,17H,4,8-12H2,1-3H3. The number of nitrogens with one attached hydrogen (secondary N) is 1. The zero-order chi connectivity index (χ0) is 13.7. The Balaban J connectivity index is 1.96. The summed E-state index contributed by atoms with van der Waals surface area (Å²) in [6, 6.07) is 7.15. The molecule has 0 radical (unpaired) electrons. The zero-order valence-corrected chi connectivity index (χ0v) is 12.5. The lowest BCUT2D eigenvalue weighted by Crippen LogP contribution is -2.28. The minimum Gasteiger partial charge on any atom is -0.354 e. The third-order valence-corrected chi connectivity index (χ3v) is 3.40. The Morgan fingerprint density at radius 3 is 2.79 bits per heavy atom. The Morgan fingerprint density at radius 1 is 1.37 bits per heavy atom. The Hall–Kier alpha value is -1.09. The Morgan fingerprint density at radius 2 is 2.16 bits per heavy atom. The van der Waals surface area contributed by atoms with E-state index in [1.54, 1.807) is 0 Å². The molecule has 0 bridgehead atoms. The van der Waals surface area contributed by atoms with Crippen LogP contribution in [0.15, 0.2) is 18.2 Å². The van der Waals surface area contributed by atoms with Crippen molar-refractivity contribution < 1.29 is 0 Å². The summed E-state index contributed by atoms with van der Waals surface area (Å²) in [5.41, 5.74) is 1.15. The maximum absolute atomic E-state index is 4.81. The molecule has 0 aromatic carbocycles. The fraction of sp³-hybridized carbons (Fsp3) is 0.688. The maximum Gasteiger partial charge on any atom is 0.129 e. The van der Waals surface area contributed by atoms with Crippen molar-refractivity contribution in [2.45, 2.75) is 52.6 Å². The van der Waals surface area contributed by atoms with Crippen molar-refractivity contribution in [1.82, 2.24) is 10.3 Å². The van der Waals surface area contributed by atoms with Crippen LogP contribution in [0.4, 0.5) is 5.82 Å². The number of anilines is 1. The van der Waals surface area contributed by atoms with Crippen LogP contribution in [0.1, 0.15) is 45.7 Å². The first kappa shape index (κ1) is 14.3. The Bertz CT molecular complexity index is 385. The first-order valence-corrected chi connectivity index (χ1v) is 7.64. The Kier molecular flexibility index (Phi) is 5.20. The van der Waals surface area contributed by atoms with Crippen molar-refractivity contribution in [1.29, 1.82) is 0 Å². The third kappa shape index (κ3) is 4.50. The summed E-state index contributed by atoms with van der Waals surface area (Å²) >= 11 is 0. The van der Waals surface area contributed by atoms with Crippen molar-refractivity contribution in [3.05, 3.63) is 23.9 Å². The number of rotatable bonds is 8. The van der Waals surface area contributed by atoms with E-state index in [0.717, 1.165) is 37.2 Å². The molecule has 0 saturated heterocycles. The molecular weight excluding hydrogens is 234 g/mol. The van der Waals surface area contributed by atoms with E-state index < -0.39 is 0 Å². The molecule has 2 rings (SSSR count). The van der Waals surface area contributed by atoms with Gasteiger partial charge in [0.05, 0.1) is 5.69 Å². The SMILES string of the molecule is CCCN(c1cccc(CNCC(C)C)n1)C1CC1. The van der Waals surface area contributed by atoms with Gasteiger partial charge in [-0.2, -0.15) is 0 Å². The van der Waals surface area contributed by atoms with Crippen LogP contribution in [-0.4, -0.2) is 24.1 Å². The average Bonchev–Trinajstić information content (AvgIpc) is 3.20. The molecule has 1 aromatic rings. The van der Waals surface area contributed by atoms with Gasteiger partial charge in [0.15, 0.2) is 0 Å². The van der Waals surface area contributed by atoms with E-state index in [1.165, 1.54) is 19.3 Å². The molecule has 1 saturated carbocycles. The van der Waals surface area contributed by atoms with Gasteiger partial charge in [-0.05, 0) is 43.9 Å². The second-order valence-corrected chi connectivity index (χ2v) is 5.94. The lowest BCUT2D eigenvalue weighted by atomic mass is 10.2. The van der Waals surface area contributed by atoms with E-state index in [-0.39, 0.29) is 0 Å². The quantitative estimate of drug-likeness (QED) is 0.779. The van der Waals surface area contributed by atoms with Gasteiger partial charge in [-0.1, -0.05) is 26.8 Å². The highest BCUT2D eigenvalue weighted by Gasteiger charge is 2.29. The molecule has 19 heavy (non-hydrogen) atoms. The van der Waals surface area contributed by atoms with Crippen molar-refractivity contribution in [2.75, 3.05) is 18.0 Å². The second-order valence-electron chi connectivity index (χ2n) is 5.94. The van der Waals surface area contributed by atoms with Crippen molar-refractivity contribution in [3.63, 3.8) is 0 Å². The summed E-state index contributed by atoms with van der Waals surface area (Å²) in [7, 11) is 0. The van der Waals surface area contributed by atoms with Gasteiger partial charge in [0, 0.05) is 19.1 Å². The first-order chi connectivity index (χ1) is 9.20. The number of pyridine rings is 1. The zero-order valence-electron chi connectivity index (χ0n) is 12.5. The summed E-state index contributed by atoms with van der Waals surface area (Å²) in [4.78, 5) is 7.29. The summed E-state index contributed by atoms with van der Waals surface area (Å²) in [6.45, 7) is 9.74. The molecular formula is C16H27N3. The molecule has 0 atom stereocenters. The largest absolute Gasteiger partial charge is 0.354 e. The molecule has 1 aliphatic rings. The number of aromatic nitrogens is 1. The monoisotopic (exact) mass is 261 g/mol. The van der Waals surface area contributed by atoms with Crippen LogP contribution in [0.25, 0.3) is 0 Å². The van der Waals surface area contributed by atoms with Gasteiger partial charge in [0.2, 0.25) is 0 Å². The van der Waals surface area contributed by atoms with Crippen molar-refractivity contribution in [3.8, 4) is 0 Å². The van der Waals surface area contributed by atoms with E-state index >= 15 is 0 Å². The van der Waals surface area contributed by atoms with Crippen LogP contribution in [0.5, 0.6) is 0 Å². The van der Waals surface area contributed by atoms with E-state index in [1.807, 2.05) is 0 Å². The minimum absolute atomic E-state index is 0.686. The highest BCUT2D eigenvalue weighted by atomic mass is 15.2. The number of hydrogen-bond acceptors (Lipinski definition) is 3.